The van der Waals surface area contributed by atoms with Crippen molar-refractivity contribution in [1.82, 2.24) is 10.6 Å². The summed E-state index contributed by atoms with van der Waals surface area (Å²) in [4.78, 5) is 34.7. The molecular formula is C14H16N2O4. The van der Waals surface area contributed by atoms with Crippen LogP contribution in [0.3, 0.4) is 0 Å². The fraction of sp³-hybridized carbons (Fsp3) is 0.357. The van der Waals surface area contributed by atoms with Gasteiger partial charge in [-0.15, -0.1) is 0 Å². The van der Waals surface area contributed by atoms with E-state index >= 15 is 0 Å². The number of hydrogen-bond acceptors (Lipinski definition) is 3. The third kappa shape index (κ3) is 1.93. The van der Waals surface area contributed by atoms with Gasteiger partial charge in [0.2, 0.25) is 0 Å². The number of imide groups is 1. The summed E-state index contributed by atoms with van der Waals surface area (Å²) < 4.78 is 0. The number of carbonyl (C=O) groups excluding carboxylic acids is 2. The molecule has 3 amide bonds. The number of aromatic carboxylic acids is 1. The predicted molar refractivity (Wildman–Crippen MR) is 71.2 cm³/mol. The van der Waals surface area contributed by atoms with Gasteiger partial charge in [-0.3, -0.25) is 10.1 Å². The van der Waals surface area contributed by atoms with E-state index in [0.717, 1.165) is 0 Å². The van der Waals surface area contributed by atoms with E-state index in [1.807, 2.05) is 20.8 Å². The second-order valence-corrected chi connectivity index (χ2v) is 5.79. The zero-order valence-corrected chi connectivity index (χ0v) is 11.5. The van der Waals surface area contributed by atoms with Gasteiger partial charge in [-0.25, -0.2) is 9.59 Å². The zero-order valence-electron chi connectivity index (χ0n) is 11.5. The Bertz CT molecular complexity index is 586. The van der Waals surface area contributed by atoms with Crippen LogP contribution in [0, 0.1) is 5.41 Å². The topological polar surface area (TPSA) is 95.5 Å². The Labute approximate surface area is 116 Å². The van der Waals surface area contributed by atoms with Crippen molar-refractivity contribution in [1.29, 1.82) is 0 Å². The molecule has 2 rings (SSSR count). The lowest BCUT2D eigenvalue weighted by atomic mass is 9.69. The highest BCUT2D eigenvalue weighted by molar-refractivity contribution is 6.08. The van der Waals surface area contributed by atoms with Crippen molar-refractivity contribution in [2.75, 3.05) is 0 Å². The average molecular weight is 276 g/mol. The Morgan fingerprint density at radius 2 is 1.70 bits per heavy atom. The van der Waals surface area contributed by atoms with Crippen LogP contribution in [0.15, 0.2) is 24.3 Å². The number of nitrogens with one attached hydrogen (secondary N) is 2. The van der Waals surface area contributed by atoms with Crippen LogP contribution in [0.1, 0.15) is 36.7 Å². The number of hydrogen-bond donors (Lipinski definition) is 3. The third-order valence-electron chi connectivity index (χ3n) is 3.56. The summed E-state index contributed by atoms with van der Waals surface area (Å²) in [5.41, 5.74) is -1.10. The first-order chi connectivity index (χ1) is 9.18. The molecule has 6 heteroatoms. The average Bonchev–Trinajstić information content (AvgIpc) is 2.65. The zero-order chi connectivity index (χ0) is 15.1. The molecule has 1 saturated heterocycles. The molecule has 6 nitrogen and oxygen atoms in total. The van der Waals surface area contributed by atoms with Crippen LogP contribution in [-0.2, 0) is 10.3 Å². The second-order valence-electron chi connectivity index (χ2n) is 5.79. The molecule has 1 aliphatic heterocycles. The monoisotopic (exact) mass is 276 g/mol. The van der Waals surface area contributed by atoms with Crippen LogP contribution >= 0.6 is 0 Å². The molecule has 1 aromatic carbocycles. The maximum atomic E-state index is 12.3. The van der Waals surface area contributed by atoms with E-state index < -0.39 is 28.9 Å². The molecule has 1 aliphatic rings. The smallest absolute Gasteiger partial charge is 0.335 e. The first-order valence-electron chi connectivity index (χ1n) is 6.16. The Kier molecular flexibility index (Phi) is 3.04. The van der Waals surface area contributed by atoms with Gasteiger partial charge in [0.15, 0.2) is 5.54 Å². The third-order valence-corrected chi connectivity index (χ3v) is 3.56. The highest BCUT2D eigenvalue weighted by Gasteiger charge is 2.55. The van der Waals surface area contributed by atoms with E-state index in [2.05, 4.69) is 10.6 Å². The van der Waals surface area contributed by atoms with Crippen LogP contribution in [0.5, 0.6) is 0 Å². The Balaban J connectivity index is 2.56. The number of benzene rings is 1. The van der Waals surface area contributed by atoms with Crippen LogP contribution in [-0.4, -0.2) is 23.0 Å². The number of carbonyl (C=O) groups is 3. The molecule has 1 heterocycles. The number of carboxylic acids is 1. The number of rotatable bonds is 2. The minimum absolute atomic E-state index is 0.127. The molecule has 0 spiro atoms. The summed E-state index contributed by atoms with van der Waals surface area (Å²) >= 11 is 0. The normalized spacial score (nSPS) is 22.4. The minimum Gasteiger partial charge on any atom is -0.478 e. The van der Waals surface area contributed by atoms with E-state index in [4.69, 9.17) is 5.11 Å². The first kappa shape index (κ1) is 14.0. The van der Waals surface area contributed by atoms with Crippen molar-refractivity contribution in [2.24, 2.45) is 5.41 Å². The molecule has 0 aromatic heterocycles. The van der Waals surface area contributed by atoms with Gasteiger partial charge in [-0.1, -0.05) is 32.9 Å². The number of amides is 3. The van der Waals surface area contributed by atoms with Gasteiger partial charge in [0.25, 0.3) is 5.91 Å². The van der Waals surface area contributed by atoms with Crippen molar-refractivity contribution >= 4 is 17.9 Å². The molecule has 20 heavy (non-hydrogen) atoms. The van der Waals surface area contributed by atoms with Crippen molar-refractivity contribution in [3.8, 4) is 0 Å². The van der Waals surface area contributed by atoms with Crippen molar-refractivity contribution in [2.45, 2.75) is 26.3 Å². The van der Waals surface area contributed by atoms with E-state index in [0.29, 0.717) is 5.56 Å². The lowest BCUT2D eigenvalue weighted by Crippen LogP contribution is -2.53. The van der Waals surface area contributed by atoms with Crippen LogP contribution in [0.4, 0.5) is 4.79 Å². The van der Waals surface area contributed by atoms with Gasteiger partial charge in [-0.05, 0) is 23.1 Å². The molecule has 3 N–H and O–H groups in total. The molecule has 106 valence electrons. The van der Waals surface area contributed by atoms with Crippen molar-refractivity contribution in [3.05, 3.63) is 35.4 Å². The molecule has 1 unspecified atom stereocenters. The Hall–Kier alpha value is -2.37. The quantitative estimate of drug-likeness (QED) is 0.713. The number of urea groups is 1. The van der Waals surface area contributed by atoms with E-state index in [1.54, 1.807) is 12.1 Å². The summed E-state index contributed by atoms with van der Waals surface area (Å²) in [6, 6.07) is 5.40. The van der Waals surface area contributed by atoms with Crippen LogP contribution in [0.25, 0.3) is 0 Å². The Morgan fingerprint density at radius 3 is 2.05 bits per heavy atom. The lowest BCUT2D eigenvalue weighted by Gasteiger charge is -2.39. The van der Waals surface area contributed by atoms with Crippen molar-refractivity contribution < 1.29 is 19.5 Å². The van der Waals surface area contributed by atoms with Gasteiger partial charge in [-0.2, -0.15) is 0 Å². The summed E-state index contributed by atoms with van der Waals surface area (Å²) in [6.45, 7) is 5.51. The molecule has 1 fully saturated rings. The number of carboxylic acid groups (broad SMARTS) is 1. The molecule has 1 atom stereocenters. The SMILES string of the molecule is CC(C)(C)C1(c2ccc(C(=O)O)cc2)NC(=O)NC1=O. The van der Waals surface area contributed by atoms with E-state index in [-0.39, 0.29) is 5.56 Å². The van der Waals surface area contributed by atoms with Crippen molar-refractivity contribution in [3.63, 3.8) is 0 Å². The molecule has 0 radical (unpaired) electrons. The summed E-state index contributed by atoms with van der Waals surface area (Å²) in [7, 11) is 0. The molecule has 0 saturated carbocycles. The molecular weight excluding hydrogens is 260 g/mol. The van der Waals surface area contributed by atoms with Gasteiger partial charge < -0.3 is 10.4 Å². The van der Waals surface area contributed by atoms with Crippen LogP contribution < -0.4 is 10.6 Å². The fourth-order valence-electron chi connectivity index (χ4n) is 2.48. The highest BCUT2D eigenvalue weighted by Crippen LogP contribution is 2.41. The summed E-state index contributed by atoms with van der Waals surface area (Å²) in [5, 5.41) is 13.8. The lowest BCUT2D eigenvalue weighted by molar-refractivity contribution is -0.128. The Morgan fingerprint density at radius 1 is 1.15 bits per heavy atom. The summed E-state index contributed by atoms with van der Waals surface area (Å²) in [6.07, 6.45) is 0. The van der Waals surface area contributed by atoms with Gasteiger partial charge in [0.05, 0.1) is 5.56 Å². The molecule has 0 aliphatic carbocycles. The standard InChI is InChI=1S/C14H16N2O4/c1-13(2,3)14(11(19)15-12(20)16-14)9-6-4-8(5-7-9)10(17)18/h4-7H,1-3H3,(H,17,18)(H2,15,16,19,20). The fourth-order valence-corrected chi connectivity index (χ4v) is 2.48. The maximum Gasteiger partial charge on any atom is 0.335 e. The maximum absolute atomic E-state index is 12.3. The van der Waals surface area contributed by atoms with Gasteiger partial charge in [0, 0.05) is 0 Å². The first-order valence-corrected chi connectivity index (χ1v) is 6.16. The van der Waals surface area contributed by atoms with E-state index in [1.165, 1.54) is 12.1 Å². The summed E-state index contributed by atoms with van der Waals surface area (Å²) in [5.74, 6) is -1.47. The van der Waals surface area contributed by atoms with Gasteiger partial charge >= 0.3 is 12.0 Å². The molecule has 0 bridgehead atoms. The molecule has 1 aromatic rings. The van der Waals surface area contributed by atoms with E-state index in [9.17, 15) is 14.4 Å². The van der Waals surface area contributed by atoms with Gasteiger partial charge in [0.1, 0.15) is 0 Å². The second kappa shape index (κ2) is 4.33. The highest BCUT2D eigenvalue weighted by atomic mass is 16.4. The van der Waals surface area contributed by atoms with Crippen LogP contribution in [0.2, 0.25) is 0 Å². The minimum atomic E-state index is -1.21. The predicted octanol–water partition coefficient (Wildman–Crippen LogP) is 1.47. The largest absolute Gasteiger partial charge is 0.478 e.